The predicted molar refractivity (Wildman–Crippen MR) is 89.0 cm³/mol. The molecule has 0 aliphatic rings. The van der Waals surface area contributed by atoms with E-state index in [9.17, 15) is 8.42 Å². The second-order valence-corrected chi connectivity index (χ2v) is 8.34. The Hall–Kier alpha value is -1.07. The summed E-state index contributed by atoms with van der Waals surface area (Å²) in [7, 11) is -3.37. The average Bonchev–Trinajstić information content (AvgIpc) is 2.42. The minimum atomic E-state index is -3.37. The van der Waals surface area contributed by atoms with Crippen molar-refractivity contribution in [1.82, 2.24) is 4.72 Å². The minimum Gasteiger partial charge on any atom is -0.385 e. The van der Waals surface area contributed by atoms with Gasteiger partial charge in [0.2, 0.25) is 10.0 Å². The summed E-state index contributed by atoms with van der Waals surface area (Å²) in [6.07, 6.45) is 0.781. The van der Waals surface area contributed by atoms with E-state index in [0.717, 1.165) is 18.7 Å². The maximum Gasteiger partial charge on any atom is 0.240 e. The molecule has 0 amide bonds. The number of hydrogen-bond donors (Lipinski definition) is 2. The van der Waals surface area contributed by atoms with Gasteiger partial charge in [-0.2, -0.15) is 0 Å². The van der Waals surface area contributed by atoms with Crippen molar-refractivity contribution in [2.75, 3.05) is 18.4 Å². The quantitative estimate of drug-likeness (QED) is 0.810. The van der Waals surface area contributed by atoms with Crippen LogP contribution in [0, 0.1) is 11.3 Å². The highest BCUT2D eigenvalue weighted by atomic mass is 32.2. The highest BCUT2D eigenvalue weighted by Gasteiger charge is 2.19. The van der Waals surface area contributed by atoms with Gasteiger partial charge in [-0.25, -0.2) is 13.1 Å². The van der Waals surface area contributed by atoms with Crippen molar-refractivity contribution in [3.8, 4) is 0 Å². The van der Waals surface area contributed by atoms with Crippen LogP contribution in [0.15, 0.2) is 29.2 Å². The average molecular weight is 312 g/mol. The molecular weight excluding hydrogens is 284 g/mol. The van der Waals surface area contributed by atoms with E-state index in [4.69, 9.17) is 0 Å². The molecule has 0 radical (unpaired) electrons. The third-order valence-electron chi connectivity index (χ3n) is 3.80. The van der Waals surface area contributed by atoms with Gasteiger partial charge in [-0.15, -0.1) is 0 Å². The van der Waals surface area contributed by atoms with Gasteiger partial charge < -0.3 is 5.32 Å². The highest BCUT2D eigenvalue weighted by Crippen LogP contribution is 2.25. The van der Waals surface area contributed by atoms with E-state index >= 15 is 0 Å². The standard InChI is InChI=1S/C16H28N2O2S/c1-6-11-18-21(19,20)15-9-7-14(8-10-15)17-12-13(2)16(3,4)5/h7-10,13,17-18H,6,11-12H2,1-5H3. The van der Waals surface area contributed by atoms with Gasteiger partial charge in [0.15, 0.2) is 0 Å². The smallest absolute Gasteiger partial charge is 0.240 e. The van der Waals surface area contributed by atoms with Gasteiger partial charge in [-0.3, -0.25) is 0 Å². The SMILES string of the molecule is CCCNS(=O)(=O)c1ccc(NCC(C)C(C)(C)C)cc1. The van der Waals surface area contributed by atoms with Gasteiger partial charge in [0.05, 0.1) is 4.90 Å². The normalized spacial score (nSPS) is 14.0. The molecule has 5 heteroatoms. The van der Waals surface area contributed by atoms with Crippen LogP contribution < -0.4 is 10.0 Å². The Morgan fingerprint density at radius 1 is 1.14 bits per heavy atom. The molecule has 2 N–H and O–H groups in total. The Morgan fingerprint density at radius 2 is 1.71 bits per heavy atom. The van der Waals surface area contributed by atoms with E-state index in [1.807, 2.05) is 19.1 Å². The molecule has 0 aromatic heterocycles. The van der Waals surface area contributed by atoms with Crippen molar-refractivity contribution in [2.45, 2.75) is 45.9 Å². The number of rotatable bonds is 7. The van der Waals surface area contributed by atoms with Crippen LogP contribution in [0.1, 0.15) is 41.0 Å². The molecule has 0 bridgehead atoms. The van der Waals surface area contributed by atoms with Gasteiger partial charge in [0.1, 0.15) is 0 Å². The molecule has 0 saturated heterocycles. The summed E-state index contributed by atoms with van der Waals surface area (Å²) in [5, 5.41) is 3.36. The minimum absolute atomic E-state index is 0.250. The Morgan fingerprint density at radius 3 is 2.19 bits per heavy atom. The molecule has 1 rings (SSSR count). The van der Waals surface area contributed by atoms with E-state index in [2.05, 4.69) is 37.7 Å². The Balaban J connectivity index is 2.67. The molecule has 1 aromatic rings. The number of nitrogens with one attached hydrogen (secondary N) is 2. The zero-order chi connectivity index (χ0) is 16.1. The molecule has 4 nitrogen and oxygen atoms in total. The lowest BCUT2D eigenvalue weighted by Crippen LogP contribution is -2.25. The second-order valence-electron chi connectivity index (χ2n) is 6.57. The molecule has 0 aliphatic carbocycles. The molecular formula is C16H28N2O2S. The summed E-state index contributed by atoms with van der Waals surface area (Å²) in [5.74, 6) is 0.520. The van der Waals surface area contributed by atoms with Crippen LogP contribution in [-0.4, -0.2) is 21.5 Å². The first kappa shape index (κ1) is 18.0. The van der Waals surface area contributed by atoms with Crippen LogP contribution in [0.3, 0.4) is 0 Å². The van der Waals surface area contributed by atoms with Crippen molar-refractivity contribution in [1.29, 1.82) is 0 Å². The lowest BCUT2D eigenvalue weighted by atomic mass is 9.82. The Bertz CT molecular complexity index is 530. The maximum atomic E-state index is 12.0. The third-order valence-corrected chi connectivity index (χ3v) is 5.27. The molecule has 120 valence electrons. The van der Waals surface area contributed by atoms with Crippen molar-refractivity contribution in [2.24, 2.45) is 11.3 Å². The fourth-order valence-electron chi connectivity index (χ4n) is 1.65. The van der Waals surface area contributed by atoms with E-state index in [-0.39, 0.29) is 5.41 Å². The molecule has 0 heterocycles. The first-order valence-corrected chi connectivity index (χ1v) is 8.98. The monoisotopic (exact) mass is 312 g/mol. The lowest BCUT2D eigenvalue weighted by molar-refractivity contribution is 0.274. The summed E-state index contributed by atoms with van der Waals surface area (Å²) in [5.41, 5.74) is 1.20. The van der Waals surface area contributed by atoms with E-state index in [0.29, 0.717) is 17.4 Å². The highest BCUT2D eigenvalue weighted by molar-refractivity contribution is 7.89. The largest absolute Gasteiger partial charge is 0.385 e. The van der Waals surface area contributed by atoms with Crippen molar-refractivity contribution >= 4 is 15.7 Å². The Labute approximate surface area is 129 Å². The van der Waals surface area contributed by atoms with E-state index < -0.39 is 10.0 Å². The van der Waals surface area contributed by atoms with Gasteiger partial charge in [-0.1, -0.05) is 34.6 Å². The first-order chi connectivity index (χ1) is 9.66. The van der Waals surface area contributed by atoms with Gasteiger partial charge in [0.25, 0.3) is 0 Å². The van der Waals surface area contributed by atoms with Crippen molar-refractivity contribution in [3.05, 3.63) is 24.3 Å². The van der Waals surface area contributed by atoms with Gasteiger partial charge in [-0.05, 0) is 42.0 Å². The molecule has 0 spiro atoms. The van der Waals surface area contributed by atoms with Crippen LogP contribution in [0.25, 0.3) is 0 Å². The zero-order valence-electron chi connectivity index (χ0n) is 13.7. The molecule has 1 atom stereocenters. The molecule has 0 saturated carbocycles. The summed E-state index contributed by atoms with van der Waals surface area (Å²) in [4.78, 5) is 0.311. The summed E-state index contributed by atoms with van der Waals surface area (Å²) < 4.78 is 26.5. The molecule has 1 aromatic carbocycles. The summed E-state index contributed by atoms with van der Waals surface area (Å²) >= 11 is 0. The number of anilines is 1. The fraction of sp³-hybridized carbons (Fsp3) is 0.625. The predicted octanol–water partition coefficient (Wildman–Crippen LogP) is 3.47. The fourth-order valence-corrected chi connectivity index (χ4v) is 2.78. The van der Waals surface area contributed by atoms with Crippen LogP contribution in [-0.2, 0) is 10.0 Å². The van der Waals surface area contributed by atoms with Crippen LogP contribution in [0.4, 0.5) is 5.69 Å². The second kappa shape index (κ2) is 7.27. The summed E-state index contributed by atoms with van der Waals surface area (Å²) in [6.45, 7) is 12.1. The third kappa shape index (κ3) is 5.67. The molecule has 1 unspecified atom stereocenters. The molecule has 0 aliphatic heterocycles. The van der Waals surface area contributed by atoms with Gasteiger partial charge >= 0.3 is 0 Å². The van der Waals surface area contributed by atoms with Crippen LogP contribution in [0.5, 0.6) is 0 Å². The van der Waals surface area contributed by atoms with Crippen LogP contribution in [0.2, 0.25) is 0 Å². The zero-order valence-corrected chi connectivity index (χ0v) is 14.5. The van der Waals surface area contributed by atoms with E-state index in [1.54, 1.807) is 12.1 Å². The van der Waals surface area contributed by atoms with Gasteiger partial charge in [0, 0.05) is 18.8 Å². The Kier molecular flexibility index (Phi) is 6.23. The maximum absolute atomic E-state index is 12.0. The number of benzene rings is 1. The number of hydrogen-bond acceptors (Lipinski definition) is 3. The molecule has 21 heavy (non-hydrogen) atoms. The van der Waals surface area contributed by atoms with E-state index in [1.165, 1.54) is 0 Å². The lowest BCUT2D eigenvalue weighted by Gasteiger charge is -2.27. The topological polar surface area (TPSA) is 58.2 Å². The van der Waals surface area contributed by atoms with Crippen LogP contribution >= 0.6 is 0 Å². The van der Waals surface area contributed by atoms with Crippen molar-refractivity contribution < 1.29 is 8.42 Å². The number of sulfonamides is 1. The molecule has 0 fully saturated rings. The summed E-state index contributed by atoms with van der Waals surface area (Å²) in [6, 6.07) is 6.91. The first-order valence-electron chi connectivity index (χ1n) is 7.50. The van der Waals surface area contributed by atoms with Crippen molar-refractivity contribution in [3.63, 3.8) is 0 Å².